The van der Waals surface area contributed by atoms with Crippen molar-refractivity contribution < 1.29 is 0 Å². The van der Waals surface area contributed by atoms with E-state index >= 15 is 0 Å². The quantitative estimate of drug-likeness (QED) is 0.756. The molecule has 0 aromatic heterocycles. The van der Waals surface area contributed by atoms with Crippen LogP contribution in [0.3, 0.4) is 0 Å². The predicted octanol–water partition coefficient (Wildman–Crippen LogP) is 2.84. The lowest BCUT2D eigenvalue weighted by atomic mass is 9.91. The minimum absolute atomic E-state index is 0.662. The van der Waals surface area contributed by atoms with Gasteiger partial charge in [0.05, 0.1) is 0 Å². The van der Waals surface area contributed by atoms with Crippen LogP contribution in [0.4, 0.5) is 0 Å². The second-order valence-corrected chi connectivity index (χ2v) is 6.42. The number of thioether (sulfide) groups is 1. The Morgan fingerprint density at radius 2 is 2.18 bits per heavy atom. The van der Waals surface area contributed by atoms with Crippen molar-refractivity contribution in [2.45, 2.75) is 52.1 Å². The van der Waals surface area contributed by atoms with Gasteiger partial charge in [-0.25, -0.2) is 0 Å². The molecule has 17 heavy (non-hydrogen) atoms. The molecule has 0 bridgehead atoms. The molecule has 0 aromatic rings. The van der Waals surface area contributed by atoms with E-state index in [1.165, 1.54) is 44.6 Å². The average molecular weight is 258 g/mol. The summed E-state index contributed by atoms with van der Waals surface area (Å²) in [6.07, 6.45) is 6.26. The van der Waals surface area contributed by atoms with E-state index in [9.17, 15) is 0 Å². The van der Waals surface area contributed by atoms with Crippen LogP contribution in [-0.4, -0.2) is 48.6 Å². The highest BCUT2D eigenvalue weighted by Gasteiger charge is 2.24. The van der Waals surface area contributed by atoms with Crippen LogP contribution >= 0.6 is 11.8 Å². The monoisotopic (exact) mass is 258 g/mol. The van der Waals surface area contributed by atoms with Crippen molar-refractivity contribution in [2.75, 3.05) is 31.6 Å². The van der Waals surface area contributed by atoms with Gasteiger partial charge in [0.1, 0.15) is 0 Å². The van der Waals surface area contributed by atoms with Crippen molar-refractivity contribution in [2.24, 2.45) is 5.92 Å². The first kappa shape index (κ1) is 15.3. The Morgan fingerprint density at radius 3 is 2.82 bits per heavy atom. The fourth-order valence-corrected chi connectivity index (χ4v) is 3.34. The number of hydrogen-bond acceptors (Lipinski definition) is 3. The first-order valence-electron chi connectivity index (χ1n) is 7.14. The maximum atomic E-state index is 3.79. The lowest BCUT2D eigenvalue weighted by Crippen LogP contribution is -2.46. The molecule has 0 spiro atoms. The summed E-state index contributed by atoms with van der Waals surface area (Å²) in [5, 5.41) is 3.79. The van der Waals surface area contributed by atoms with Gasteiger partial charge in [-0.2, -0.15) is 11.8 Å². The number of hydrogen-bond donors (Lipinski definition) is 1. The topological polar surface area (TPSA) is 15.3 Å². The molecule has 3 heteroatoms. The molecule has 0 amide bonds. The van der Waals surface area contributed by atoms with E-state index in [0.29, 0.717) is 12.1 Å². The van der Waals surface area contributed by atoms with Crippen LogP contribution in [0.2, 0.25) is 0 Å². The molecule has 3 unspecified atom stereocenters. The van der Waals surface area contributed by atoms with Crippen molar-refractivity contribution in [3.8, 4) is 0 Å². The number of nitrogens with zero attached hydrogens (tertiary/aromatic N) is 1. The van der Waals surface area contributed by atoms with Gasteiger partial charge in [-0.05, 0) is 64.1 Å². The molecule has 2 nitrogen and oxygen atoms in total. The zero-order valence-corrected chi connectivity index (χ0v) is 12.9. The summed E-state index contributed by atoms with van der Waals surface area (Å²) >= 11 is 1.95. The lowest BCUT2D eigenvalue weighted by molar-refractivity contribution is 0.153. The van der Waals surface area contributed by atoms with Crippen molar-refractivity contribution in [1.29, 1.82) is 0 Å². The van der Waals surface area contributed by atoms with Gasteiger partial charge in [0.15, 0.2) is 0 Å². The third-order valence-corrected chi connectivity index (χ3v) is 4.64. The Labute approximate surface area is 112 Å². The molecule has 1 saturated heterocycles. The van der Waals surface area contributed by atoms with Gasteiger partial charge in [0.25, 0.3) is 0 Å². The Bertz CT molecular complexity index is 199. The third kappa shape index (κ3) is 5.62. The standard InChI is InChI=1S/C14H30N2S/c1-5-16-9-6-7-14(11-16)13(3)15-12(2)8-10-17-4/h12-15H,5-11H2,1-4H3. The Morgan fingerprint density at radius 1 is 1.41 bits per heavy atom. The highest BCUT2D eigenvalue weighted by molar-refractivity contribution is 7.98. The van der Waals surface area contributed by atoms with Gasteiger partial charge in [-0.1, -0.05) is 6.92 Å². The van der Waals surface area contributed by atoms with E-state index < -0.39 is 0 Å². The summed E-state index contributed by atoms with van der Waals surface area (Å²) in [5.74, 6) is 2.12. The first-order valence-corrected chi connectivity index (χ1v) is 8.54. The smallest absolute Gasteiger partial charge is 0.00816 e. The van der Waals surface area contributed by atoms with Crippen LogP contribution in [0.25, 0.3) is 0 Å². The normalized spacial score (nSPS) is 25.8. The van der Waals surface area contributed by atoms with Crippen molar-refractivity contribution in [3.63, 3.8) is 0 Å². The van der Waals surface area contributed by atoms with Crippen LogP contribution in [0, 0.1) is 5.92 Å². The Balaban J connectivity index is 2.28. The summed E-state index contributed by atoms with van der Waals surface area (Å²) in [4.78, 5) is 2.60. The van der Waals surface area contributed by atoms with Gasteiger partial charge in [0.2, 0.25) is 0 Å². The summed E-state index contributed by atoms with van der Waals surface area (Å²) in [5.41, 5.74) is 0. The molecule has 0 aliphatic carbocycles. The van der Waals surface area contributed by atoms with E-state index in [1.807, 2.05) is 11.8 Å². The molecule has 1 aliphatic rings. The number of piperidine rings is 1. The molecule has 1 heterocycles. The summed E-state index contributed by atoms with van der Waals surface area (Å²) < 4.78 is 0. The fourth-order valence-electron chi connectivity index (χ4n) is 2.75. The van der Waals surface area contributed by atoms with Crippen molar-refractivity contribution in [1.82, 2.24) is 10.2 Å². The molecule has 0 aromatic carbocycles. The van der Waals surface area contributed by atoms with E-state index in [-0.39, 0.29) is 0 Å². The van der Waals surface area contributed by atoms with Gasteiger partial charge in [0, 0.05) is 18.6 Å². The van der Waals surface area contributed by atoms with Crippen molar-refractivity contribution in [3.05, 3.63) is 0 Å². The van der Waals surface area contributed by atoms with Crippen molar-refractivity contribution >= 4 is 11.8 Å². The molecule has 102 valence electrons. The van der Waals surface area contributed by atoms with Gasteiger partial charge >= 0.3 is 0 Å². The average Bonchev–Trinajstić information content (AvgIpc) is 2.36. The Hall–Kier alpha value is 0.270. The molecular formula is C14H30N2S. The molecule has 0 saturated carbocycles. The predicted molar refractivity (Wildman–Crippen MR) is 79.9 cm³/mol. The minimum atomic E-state index is 0.662. The molecule has 1 N–H and O–H groups in total. The molecule has 1 aliphatic heterocycles. The summed E-state index contributed by atoms with van der Waals surface area (Å²) in [6, 6.07) is 1.33. The number of rotatable bonds is 7. The van der Waals surface area contributed by atoms with Crippen LogP contribution < -0.4 is 5.32 Å². The molecule has 0 radical (unpaired) electrons. The zero-order valence-electron chi connectivity index (χ0n) is 12.0. The molecule has 1 rings (SSSR count). The Kier molecular flexibility index (Phi) is 7.56. The van der Waals surface area contributed by atoms with Gasteiger partial charge < -0.3 is 10.2 Å². The van der Waals surface area contributed by atoms with Crippen LogP contribution in [0.5, 0.6) is 0 Å². The van der Waals surface area contributed by atoms with Crippen LogP contribution in [-0.2, 0) is 0 Å². The first-order chi connectivity index (χ1) is 8.17. The maximum Gasteiger partial charge on any atom is 0.00816 e. The summed E-state index contributed by atoms with van der Waals surface area (Å²) in [7, 11) is 0. The van der Waals surface area contributed by atoms with Crippen LogP contribution in [0.1, 0.15) is 40.0 Å². The summed E-state index contributed by atoms with van der Waals surface area (Å²) in [6.45, 7) is 10.8. The van der Waals surface area contributed by atoms with E-state index in [2.05, 4.69) is 37.2 Å². The highest BCUT2D eigenvalue weighted by atomic mass is 32.2. The van der Waals surface area contributed by atoms with E-state index in [4.69, 9.17) is 0 Å². The largest absolute Gasteiger partial charge is 0.311 e. The third-order valence-electron chi connectivity index (χ3n) is 4.00. The molecule has 3 atom stereocenters. The minimum Gasteiger partial charge on any atom is -0.311 e. The maximum absolute atomic E-state index is 3.79. The highest BCUT2D eigenvalue weighted by Crippen LogP contribution is 2.20. The van der Waals surface area contributed by atoms with E-state index in [1.54, 1.807) is 0 Å². The lowest BCUT2D eigenvalue weighted by Gasteiger charge is -2.36. The van der Waals surface area contributed by atoms with Gasteiger partial charge in [-0.3, -0.25) is 0 Å². The fraction of sp³-hybridized carbons (Fsp3) is 1.00. The van der Waals surface area contributed by atoms with Gasteiger partial charge in [-0.15, -0.1) is 0 Å². The van der Waals surface area contributed by atoms with E-state index in [0.717, 1.165) is 5.92 Å². The molecular weight excluding hydrogens is 228 g/mol. The molecule has 1 fully saturated rings. The van der Waals surface area contributed by atoms with Crippen LogP contribution in [0.15, 0.2) is 0 Å². The second kappa shape index (κ2) is 8.39. The second-order valence-electron chi connectivity index (χ2n) is 5.43. The zero-order chi connectivity index (χ0) is 12.7. The number of nitrogens with one attached hydrogen (secondary N) is 1. The SMILES string of the molecule is CCN1CCCC(C(C)NC(C)CCSC)C1. The number of likely N-dealkylation sites (tertiary alicyclic amines) is 1.